The number of hydrogen-bond acceptors (Lipinski definition) is 3. The molecule has 0 saturated heterocycles. The Kier molecular flexibility index (Phi) is 3.18. The molecule has 3 nitrogen and oxygen atoms in total. The number of hydroxylamine groups is 1. The molecule has 0 rings (SSSR count). The van der Waals surface area contributed by atoms with Crippen molar-refractivity contribution in [3.05, 3.63) is 12.7 Å². The summed E-state index contributed by atoms with van der Waals surface area (Å²) in [5.74, 6) is -0.220. The third kappa shape index (κ3) is 3.15. The van der Waals surface area contributed by atoms with Crippen LogP contribution in [0.4, 0.5) is 0 Å². The summed E-state index contributed by atoms with van der Waals surface area (Å²) in [4.78, 5) is 10.1. The maximum atomic E-state index is 10.1. The highest BCUT2D eigenvalue weighted by molar-refractivity contribution is 5.90. The van der Waals surface area contributed by atoms with Crippen molar-refractivity contribution in [2.45, 2.75) is 0 Å². The molecule has 0 aromatic carbocycles. The van der Waals surface area contributed by atoms with E-state index in [-0.39, 0.29) is 12.3 Å². The van der Waals surface area contributed by atoms with E-state index in [0.29, 0.717) is 0 Å². The van der Waals surface area contributed by atoms with Crippen LogP contribution in [-0.2, 0) is 4.79 Å². The van der Waals surface area contributed by atoms with Crippen LogP contribution in [0.25, 0.3) is 0 Å². The van der Waals surface area contributed by atoms with Crippen LogP contribution in [0.1, 0.15) is 0 Å². The maximum absolute atomic E-state index is 10.1. The van der Waals surface area contributed by atoms with Crippen LogP contribution in [0.5, 0.6) is 0 Å². The second-order valence-corrected chi connectivity index (χ2v) is 1.01. The fraction of sp³-hybridized carbons (Fsp3) is 0.250. The van der Waals surface area contributed by atoms with E-state index in [9.17, 15) is 4.79 Å². The molecule has 0 aliphatic heterocycles. The Hall–Kier alpha value is -0.670. The highest BCUT2D eigenvalue weighted by atomic mass is 16.5. The molecule has 0 radical (unpaired) electrons. The van der Waals surface area contributed by atoms with Crippen molar-refractivity contribution in [2.75, 3.05) is 6.54 Å². The van der Waals surface area contributed by atoms with Crippen LogP contribution in [0, 0.1) is 0 Å². The summed E-state index contributed by atoms with van der Waals surface area (Å²) in [6.45, 7) is 3.13. The third-order valence-electron chi connectivity index (χ3n) is 0.481. The molecule has 0 aromatic rings. The first-order valence-corrected chi connectivity index (χ1v) is 1.83. The average molecular weight is 101 g/mol. The number of nitrogens with one attached hydrogen (secondary N) is 1. The minimum Gasteiger partial charge on any atom is -0.316 e. The van der Waals surface area contributed by atoms with Crippen molar-refractivity contribution in [1.29, 1.82) is 0 Å². The number of ketones is 1. The lowest BCUT2D eigenvalue weighted by molar-refractivity contribution is -0.115. The van der Waals surface area contributed by atoms with E-state index < -0.39 is 0 Å². The van der Waals surface area contributed by atoms with Gasteiger partial charge in [0.25, 0.3) is 0 Å². The topological polar surface area (TPSA) is 49.3 Å². The fourth-order valence-electron chi connectivity index (χ4n) is 0.150. The van der Waals surface area contributed by atoms with Gasteiger partial charge in [-0.3, -0.25) is 4.79 Å². The molecule has 0 aliphatic rings. The monoisotopic (exact) mass is 101 g/mol. The molecule has 0 unspecified atom stereocenters. The van der Waals surface area contributed by atoms with Gasteiger partial charge in [-0.1, -0.05) is 6.58 Å². The van der Waals surface area contributed by atoms with Crippen molar-refractivity contribution in [3.8, 4) is 0 Å². The first kappa shape index (κ1) is 6.33. The second kappa shape index (κ2) is 3.52. The first-order valence-electron chi connectivity index (χ1n) is 1.83. The van der Waals surface area contributed by atoms with Crippen molar-refractivity contribution in [3.63, 3.8) is 0 Å². The Morgan fingerprint density at radius 3 is 2.71 bits per heavy atom. The second-order valence-electron chi connectivity index (χ2n) is 1.01. The van der Waals surface area contributed by atoms with E-state index >= 15 is 0 Å². The molecule has 0 atom stereocenters. The van der Waals surface area contributed by atoms with E-state index in [0.717, 1.165) is 6.08 Å². The molecule has 0 aliphatic carbocycles. The van der Waals surface area contributed by atoms with Gasteiger partial charge >= 0.3 is 0 Å². The molecule has 40 valence electrons. The fourth-order valence-corrected chi connectivity index (χ4v) is 0.150. The van der Waals surface area contributed by atoms with Crippen LogP contribution >= 0.6 is 0 Å². The molecule has 7 heavy (non-hydrogen) atoms. The lowest BCUT2D eigenvalue weighted by Gasteiger charge is -1.85. The Bertz CT molecular complexity index is 79.8. The number of hydrogen-bond donors (Lipinski definition) is 2. The predicted octanol–water partition coefficient (Wildman–Crippen LogP) is -0.280. The number of carbonyl (C=O) groups is 1. The van der Waals surface area contributed by atoms with Crippen molar-refractivity contribution in [1.82, 2.24) is 5.48 Å². The summed E-state index contributed by atoms with van der Waals surface area (Å²) < 4.78 is 0. The Morgan fingerprint density at radius 1 is 2.00 bits per heavy atom. The van der Waals surface area contributed by atoms with Crippen molar-refractivity contribution < 1.29 is 10.0 Å². The predicted molar refractivity (Wildman–Crippen MR) is 25.0 cm³/mol. The van der Waals surface area contributed by atoms with Gasteiger partial charge in [0, 0.05) is 0 Å². The molecular formula is C4H7NO2. The Labute approximate surface area is 41.6 Å². The van der Waals surface area contributed by atoms with Gasteiger partial charge in [-0.15, -0.1) is 0 Å². The van der Waals surface area contributed by atoms with Gasteiger partial charge in [-0.2, -0.15) is 5.48 Å². The Morgan fingerprint density at radius 2 is 2.57 bits per heavy atom. The number of rotatable bonds is 3. The lowest BCUT2D eigenvalue weighted by atomic mass is 10.4. The maximum Gasteiger partial charge on any atom is 0.171 e. The quantitative estimate of drug-likeness (QED) is 0.379. The zero-order valence-electron chi connectivity index (χ0n) is 3.85. The van der Waals surface area contributed by atoms with E-state index in [1.165, 1.54) is 0 Å². The highest BCUT2D eigenvalue weighted by Crippen LogP contribution is 1.64. The first-order chi connectivity index (χ1) is 3.31. The van der Waals surface area contributed by atoms with Gasteiger partial charge in [-0.25, -0.2) is 0 Å². The summed E-state index contributed by atoms with van der Waals surface area (Å²) in [5.41, 5.74) is 1.70. The van der Waals surface area contributed by atoms with Gasteiger partial charge in [0.05, 0.1) is 6.54 Å². The standard InChI is InChI=1S/C4H7NO2/c1-2-4(6)3-5-7/h2,5,7H,1,3H2. The minimum atomic E-state index is -0.220. The minimum absolute atomic E-state index is 0.0521. The molecule has 0 amide bonds. The molecule has 3 heteroatoms. The molecule has 0 bridgehead atoms. The van der Waals surface area contributed by atoms with Crippen LogP contribution in [0.2, 0.25) is 0 Å². The highest BCUT2D eigenvalue weighted by Gasteiger charge is 1.87. The van der Waals surface area contributed by atoms with Gasteiger partial charge in [0.2, 0.25) is 0 Å². The Balaban J connectivity index is 3.17. The van der Waals surface area contributed by atoms with Crippen LogP contribution in [0.3, 0.4) is 0 Å². The molecule has 0 fully saturated rings. The van der Waals surface area contributed by atoms with Crippen LogP contribution in [0.15, 0.2) is 12.7 Å². The SMILES string of the molecule is C=CC(=O)CNO. The van der Waals surface area contributed by atoms with Gasteiger partial charge in [-0.05, 0) is 6.08 Å². The molecule has 2 N–H and O–H groups in total. The summed E-state index contributed by atoms with van der Waals surface area (Å²) in [6.07, 6.45) is 1.14. The van der Waals surface area contributed by atoms with Crippen LogP contribution < -0.4 is 5.48 Å². The summed E-state index contributed by atoms with van der Waals surface area (Å²) >= 11 is 0. The van der Waals surface area contributed by atoms with Crippen molar-refractivity contribution in [2.24, 2.45) is 0 Å². The van der Waals surface area contributed by atoms with Gasteiger partial charge in [0.15, 0.2) is 5.78 Å². The third-order valence-corrected chi connectivity index (χ3v) is 0.481. The normalized spacial score (nSPS) is 8.14. The van der Waals surface area contributed by atoms with E-state index in [4.69, 9.17) is 5.21 Å². The lowest BCUT2D eigenvalue weighted by Crippen LogP contribution is -2.16. The number of carbonyl (C=O) groups excluding carboxylic acids is 1. The summed E-state index contributed by atoms with van der Waals surface area (Å²) in [6, 6.07) is 0. The molecule has 0 saturated carbocycles. The summed E-state index contributed by atoms with van der Waals surface area (Å²) in [7, 11) is 0. The van der Waals surface area contributed by atoms with E-state index in [2.05, 4.69) is 6.58 Å². The molecule has 0 heterocycles. The zero-order chi connectivity index (χ0) is 5.70. The van der Waals surface area contributed by atoms with Crippen molar-refractivity contribution >= 4 is 5.78 Å². The molecule has 0 aromatic heterocycles. The average Bonchev–Trinajstić information content (AvgIpc) is 1.68. The van der Waals surface area contributed by atoms with Gasteiger partial charge in [0.1, 0.15) is 0 Å². The van der Waals surface area contributed by atoms with E-state index in [1.54, 1.807) is 5.48 Å². The zero-order valence-corrected chi connectivity index (χ0v) is 3.85. The van der Waals surface area contributed by atoms with E-state index in [1.807, 2.05) is 0 Å². The van der Waals surface area contributed by atoms with Gasteiger partial charge < -0.3 is 5.21 Å². The molecule has 0 spiro atoms. The smallest absolute Gasteiger partial charge is 0.171 e. The van der Waals surface area contributed by atoms with Crippen LogP contribution in [-0.4, -0.2) is 17.5 Å². The largest absolute Gasteiger partial charge is 0.316 e. The molecular weight excluding hydrogens is 94.0 g/mol. The summed E-state index contributed by atoms with van der Waals surface area (Å²) in [5, 5.41) is 7.85.